The predicted molar refractivity (Wildman–Crippen MR) is 81.7 cm³/mol. The van der Waals surface area contributed by atoms with Gasteiger partial charge in [0.25, 0.3) is 11.8 Å². The molecule has 0 aromatic heterocycles. The molecule has 0 saturated heterocycles. The van der Waals surface area contributed by atoms with Crippen molar-refractivity contribution in [3.8, 4) is 0 Å². The van der Waals surface area contributed by atoms with E-state index in [1.165, 1.54) is 25.5 Å². The summed E-state index contributed by atoms with van der Waals surface area (Å²) in [4.78, 5) is 37.9. The molecule has 0 fully saturated rings. The second-order valence-corrected chi connectivity index (χ2v) is 9.06. The molecule has 0 N–H and O–H groups in total. The molecule has 2 amide bonds. The summed E-state index contributed by atoms with van der Waals surface area (Å²) < 4.78 is 17.1. The zero-order valence-corrected chi connectivity index (χ0v) is 13.6. The van der Waals surface area contributed by atoms with Crippen LogP contribution in [-0.4, -0.2) is 54.8 Å². The molecule has 1 aromatic carbocycles. The number of benzene rings is 1. The lowest BCUT2D eigenvalue weighted by atomic mass is 10.1. The second-order valence-electron chi connectivity index (χ2n) is 5.55. The van der Waals surface area contributed by atoms with E-state index < -0.39 is 31.0 Å². The molecule has 0 radical (unpaired) electrons. The molecule has 118 valence electrons. The Bertz CT molecular complexity index is 643. The molecule has 1 atom stereocenters. The number of nitrogens with zero attached hydrogens (tertiary/aromatic N) is 1. The lowest BCUT2D eigenvalue weighted by Gasteiger charge is -2.25. The minimum absolute atomic E-state index is 0.0860. The van der Waals surface area contributed by atoms with E-state index in [0.29, 0.717) is 0 Å². The van der Waals surface area contributed by atoms with Gasteiger partial charge >= 0.3 is 5.97 Å². The van der Waals surface area contributed by atoms with E-state index in [1.807, 2.05) is 0 Å². The number of fused-ring (bicyclic) bond motifs is 1. The Morgan fingerprint density at radius 3 is 2.09 bits per heavy atom. The smallest absolute Gasteiger partial charge is 0.329 e. The zero-order valence-electron chi connectivity index (χ0n) is 12.7. The van der Waals surface area contributed by atoms with Gasteiger partial charge < -0.3 is 9.30 Å². The Morgan fingerprint density at radius 1 is 1.18 bits per heavy atom. The van der Waals surface area contributed by atoms with Gasteiger partial charge in [-0.05, 0) is 32.4 Å². The fourth-order valence-corrected chi connectivity index (χ4v) is 3.55. The Labute approximate surface area is 128 Å². The third-order valence-corrected chi connectivity index (χ3v) is 4.53. The first-order valence-corrected chi connectivity index (χ1v) is 9.72. The summed E-state index contributed by atoms with van der Waals surface area (Å²) in [6.07, 6.45) is -0.0860. The molecule has 0 saturated carbocycles. The van der Waals surface area contributed by atoms with Crippen LogP contribution in [0.15, 0.2) is 24.3 Å². The third-order valence-electron chi connectivity index (χ3n) is 3.31. The van der Waals surface area contributed by atoms with Crippen molar-refractivity contribution in [1.29, 1.82) is 0 Å². The summed E-state index contributed by atoms with van der Waals surface area (Å²) >= 11 is 0. The van der Waals surface area contributed by atoms with Crippen LogP contribution in [0, 0.1) is 0 Å². The maximum absolute atomic E-state index is 12.5. The molecule has 0 bridgehead atoms. The van der Waals surface area contributed by atoms with Gasteiger partial charge in [0.2, 0.25) is 0 Å². The standard InChI is InChI=1S/C15H18NO5P/c1-4-21-15(19)12(9-22(2,3)20)16-13(17)10-7-5-6-8-11(10)14(16)18/h5-8,12H,4,9H2,1-3H3. The van der Waals surface area contributed by atoms with E-state index in [0.717, 1.165) is 4.90 Å². The normalized spacial score (nSPS) is 15.7. The van der Waals surface area contributed by atoms with Crippen LogP contribution >= 0.6 is 7.14 Å². The summed E-state index contributed by atoms with van der Waals surface area (Å²) in [5.41, 5.74) is 0.507. The lowest BCUT2D eigenvalue weighted by Crippen LogP contribution is -2.47. The maximum Gasteiger partial charge on any atom is 0.329 e. The second kappa shape index (κ2) is 6.05. The first kappa shape index (κ1) is 16.4. The molecule has 7 heteroatoms. The Hall–Kier alpha value is -1.94. The van der Waals surface area contributed by atoms with Crippen LogP contribution < -0.4 is 0 Å². The van der Waals surface area contributed by atoms with Crippen LogP contribution in [0.5, 0.6) is 0 Å². The van der Waals surface area contributed by atoms with Crippen LogP contribution in [0.1, 0.15) is 27.6 Å². The number of hydrogen-bond donors (Lipinski definition) is 0. The first-order chi connectivity index (χ1) is 10.3. The summed E-state index contributed by atoms with van der Waals surface area (Å²) in [5, 5.41) is 0. The van der Waals surface area contributed by atoms with Crippen LogP contribution in [0.2, 0.25) is 0 Å². The SMILES string of the molecule is CCOC(=O)C(CP(C)(C)=O)N1C(=O)c2ccccc2C1=O. The highest BCUT2D eigenvalue weighted by Gasteiger charge is 2.44. The van der Waals surface area contributed by atoms with Gasteiger partial charge in [0.15, 0.2) is 0 Å². The van der Waals surface area contributed by atoms with Crippen molar-refractivity contribution in [3.63, 3.8) is 0 Å². The van der Waals surface area contributed by atoms with E-state index in [1.54, 1.807) is 19.1 Å². The number of carbonyl (C=O) groups is 3. The van der Waals surface area contributed by atoms with E-state index in [-0.39, 0.29) is 23.9 Å². The van der Waals surface area contributed by atoms with E-state index in [4.69, 9.17) is 4.74 Å². The minimum atomic E-state index is -2.65. The maximum atomic E-state index is 12.5. The zero-order chi connectivity index (χ0) is 16.5. The van der Waals surface area contributed by atoms with Gasteiger partial charge in [-0.1, -0.05) is 12.1 Å². The highest BCUT2D eigenvalue weighted by atomic mass is 31.2. The number of esters is 1. The van der Waals surface area contributed by atoms with Crippen molar-refractivity contribution in [2.45, 2.75) is 13.0 Å². The quantitative estimate of drug-likeness (QED) is 0.469. The van der Waals surface area contributed by atoms with Crippen LogP contribution in [0.4, 0.5) is 0 Å². The molecular weight excluding hydrogens is 305 g/mol. The van der Waals surface area contributed by atoms with Gasteiger partial charge in [-0.15, -0.1) is 0 Å². The molecule has 1 aromatic rings. The van der Waals surface area contributed by atoms with Crippen molar-refractivity contribution >= 4 is 24.9 Å². The molecule has 1 heterocycles. The van der Waals surface area contributed by atoms with Crippen LogP contribution in [0.3, 0.4) is 0 Å². The number of ether oxygens (including phenoxy) is 1. The number of hydrogen-bond acceptors (Lipinski definition) is 5. The van der Waals surface area contributed by atoms with Crippen molar-refractivity contribution in [3.05, 3.63) is 35.4 Å². The molecule has 0 spiro atoms. The molecule has 1 aliphatic heterocycles. The average molecular weight is 323 g/mol. The fourth-order valence-electron chi connectivity index (χ4n) is 2.41. The topological polar surface area (TPSA) is 80.8 Å². The Balaban J connectivity index is 2.41. The van der Waals surface area contributed by atoms with E-state index in [2.05, 4.69) is 0 Å². The molecule has 0 aliphatic carbocycles. The van der Waals surface area contributed by atoms with E-state index >= 15 is 0 Å². The van der Waals surface area contributed by atoms with Crippen molar-refractivity contribution in [1.82, 2.24) is 4.90 Å². The summed E-state index contributed by atoms with van der Waals surface area (Å²) in [6, 6.07) is 5.22. The molecule has 22 heavy (non-hydrogen) atoms. The Kier molecular flexibility index (Phi) is 4.52. The van der Waals surface area contributed by atoms with Gasteiger partial charge in [-0.2, -0.15) is 0 Å². The van der Waals surface area contributed by atoms with Crippen molar-refractivity contribution in [2.75, 3.05) is 26.1 Å². The number of carbonyl (C=O) groups excluding carboxylic acids is 3. The summed E-state index contributed by atoms with van der Waals surface area (Å²) in [5.74, 6) is -1.81. The minimum Gasteiger partial charge on any atom is -0.464 e. The molecular formula is C15H18NO5P. The molecule has 1 aliphatic rings. The fraction of sp³-hybridized carbons (Fsp3) is 0.400. The first-order valence-electron chi connectivity index (χ1n) is 6.94. The van der Waals surface area contributed by atoms with Gasteiger partial charge in [0.05, 0.1) is 24.9 Å². The summed E-state index contributed by atoms with van der Waals surface area (Å²) in [7, 11) is -2.65. The Morgan fingerprint density at radius 2 is 1.68 bits per heavy atom. The summed E-state index contributed by atoms with van der Waals surface area (Å²) in [6.45, 7) is 4.78. The molecule has 2 rings (SSSR count). The molecule has 1 unspecified atom stereocenters. The van der Waals surface area contributed by atoms with Gasteiger partial charge in [0.1, 0.15) is 6.04 Å². The number of rotatable bonds is 5. The number of amides is 2. The highest BCUT2D eigenvalue weighted by Crippen LogP contribution is 2.39. The van der Waals surface area contributed by atoms with E-state index in [9.17, 15) is 18.9 Å². The van der Waals surface area contributed by atoms with Crippen LogP contribution in [0.25, 0.3) is 0 Å². The van der Waals surface area contributed by atoms with Crippen LogP contribution in [-0.2, 0) is 14.1 Å². The van der Waals surface area contributed by atoms with Gasteiger partial charge in [0, 0.05) is 6.16 Å². The van der Waals surface area contributed by atoms with Crippen molar-refractivity contribution in [2.24, 2.45) is 0 Å². The largest absolute Gasteiger partial charge is 0.464 e. The lowest BCUT2D eigenvalue weighted by molar-refractivity contribution is -0.147. The van der Waals surface area contributed by atoms with Gasteiger partial charge in [-0.3, -0.25) is 14.5 Å². The average Bonchev–Trinajstić information content (AvgIpc) is 2.68. The third kappa shape index (κ3) is 3.12. The number of imide groups is 1. The predicted octanol–water partition coefficient (Wildman–Crippen LogP) is 1.84. The van der Waals surface area contributed by atoms with Gasteiger partial charge in [-0.25, -0.2) is 4.79 Å². The van der Waals surface area contributed by atoms with Crippen molar-refractivity contribution < 1.29 is 23.7 Å². The molecule has 6 nitrogen and oxygen atoms in total. The monoisotopic (exact) mass is 323 g/mol. The highest BCUT2D eigenvalue weighted by molar-refractivity contribution is 7.62.